The van der Waals surface area contributed by atoms with E-state index in [0.717, 1.165) is 19.0 Å². The molecule has 0 radical (unpaired) electrons. The van der Waals surface area contributed by atoms with Gasteiger partial charge in [0.2, 0.25) is 0 Å². The molecule has 0 saturated carbocycles. The molecule has 2 atom stereocenters. The molecule has 2 rings (SSSR count). The summed E-state index contributed by atoms with van der Waals surface area (Å²) in [7, 11) is 0. The summed E-state index contributed by atoms with van der Waals surface area (Å²) >= 11 is 0. The van der Waals surface area contributed by atoms with Gasteiger partial charge in [0.05, 0.1) is 11.6 Å². The predicted octanol–water partition coefficient (Wildman–Crippen LogP) is 3.58. The second-order valence-corrected chi connectivity index (χ2v) is 6.38. The molecule has 5 heteroatoms. The van der Waals surface area contributed by atoms with Crippen molar-refractivity contribution in [2.24, 2.45) is 5.73 Å². The Morgan fingerprint density at radius 3 is 2.40 bits per heavy atom. The topological polar surface area (TPSA) is 29.3 Å². The molecule has 2 nitrogen and oxygen atoms in total. The molecule has 0 amide bonds. The second kappa shape index (κ2) is 5.04. The number of nitrogens with two attached hydrogens (primary N) is 1. The summed E-state index contributed by atoms with van der Waals surface area (Å²) in [6, 6.07) is 5.25. The van der Waals surface area contributed by atoms with Crippen LogP contribution >= 0.6 is 0 Å². The van der Waals surface area contributed by atoms with E-state index in [0.29, 0.717) is 5.56 Å². The molecular weight excluding hydrogens is 265 g/mol. The number of benzene rings is 1. The van der Waals surface area contributed by atoms with Crippen LogP contribution in [0.25, 0.3) is 0 Å². The first kappa shape index (κ1) is 15.3. The van der Waals surface area contributed by atoms with Crippen molar-refractivity contribution in [1.29, 1.82) is 0 Å². The van der Waals surface area contributed by atoms with Crippen LogP contribution in [0, 0.1) is 0 Å². The molecule has 0 aliphatic carbocycles. The first-order chi connectivity index (χ1) is 9.10. The number of nitrogens with zero attached hydrogens (tertiary/aromatic N) is 1. The standard InChI is InChI=1S/C15H21F3N2/c1-14(2,3)20-8-7-12(19)13(20)10-5-4-6-11(9-10)15(16,17)18/h4-6,9,12-13H,7-8,19H2,1-3H3. The molecule has 2 unspecified atom stereocenters. The highest BCUT2D eigenvalue weighted by molar-refractivity contribution is 5.30. The number of hydrogen-bond donors (Lipinski definition) is 1. The van der Waals surface area contributed by atoms with E-state index < -0.39 is 11.7 Å². The van der Waals surface area contributed by atoms with Crippen molar-refractivity contribution in [1.82, 2.24) is 4.90 Å². The van der Waals surface area contributed by atoms with Gasteiger partial charge >= 0.3 is 6.18 Å². The Hall–Kier alpha value is -1.07. The van der Waals surface area contributed by atoms with Crippen LogP contribution in [0.2, 0.25) is 0 Å². The molecule has 2 N–H and O–H groups in total. The van der Waals surface area contributed by atoms with Gasteiger partial charge in [-0.05, 0) is 44.9 Å². The molecule has 1 aliphatic heterocycles. The lowest BCUT2D eigenvalue weighted by Crippen LogP contribution is -2.43. The van der Waals surface area contributed by atoms with Crippen molar-refractivity contribution >= 4 is 0 Å². The van der Waals surface area contributed by atoms with Crippen molar-refractivity contribution < 1.29 is 13.2 Å². The van der Waals surface area contributed by atoms with Crippen molar-refractivity contribution in [2.45, 2.75) is 51.0 Å². The summed E-state index contributed by atoms with van der Waals surface area (Å²) in [5, 5.41) is 0. The van der Waals surface area contributed by atoms with Gasteiger partial charge in [-0.2, -0.15) is 13.2 Å². The third kappa shape index (κ3) is 2.99. The number of likely N-dealkylation sites (tertiary alicyclic amines) is 1. The molecule has 1 heterocycles. The molecule has 1 fully saturated rings. The SMILES string of the molecule is CC(C)(C)N1CCC(N)C1c1cccc(C(F)(F)F)c1. The lowest BCUT2D eigenvalue weighted by Gasteiger charge is -2.38. The Balaban J connectivity index is 2.39. The van der Waals surface area contributed by atoms with Crippen LogP contribution in [0.3, 0.4) is 0 Å². The maximum Gasteiger partial charge on any atom is 0.416 e. The zero-order valence-electron chi connectivity index (χ0n) is 12.0. The molecule has 1 aromatic rings. The van der Waals surface area contributed by atoms with Crippen molar-refractivity contribution in [2.75, 3.05) is 6.54 Å². The highest BCUT2D eigenvalue weighted by Crippen LogP contribution is 2.38. The fraction of sp³-hybridized carbons (Fsp3) is 0.600. The summed E-state index contributed by atoms with van der Waals surface area (Å²) in [6.07, 6.45) is -3.51. The van der Waals surface area contributed by atoms with Crippen LogP contribution in [-0.2, 0) is 6.18 Å². The molecule has 20 heavy (non-hydrogen) atoms. The molecule has 1 saturated heterocycles. The second-order valence-electron chi connectivity index (χ2n) is 6.38. The summed E-state index contributed by atoms with van der Waals surface area (Å²) < 4.78 is 38.5. The van der Waals surface area contributed by atoms with Gasteiger partial charge in [-0.15, -0.1) is 0 Å². The number of alkyl halides is 3. The summed E-state index contributed by atoms with van der Waals surface area (Å²) in [4.78, 5) is 2.19. The molecule has 112 valence electrons. The fourth-order valence-corrected chi connectivity index (χ4v) is 2.90. The Bertz CT molecular complexity index is 477. The van der Waals surface area contributed by atoms with Crippen molar-refractivity contribution in [3.05, 3.63) is 35.4 Å². The van der Waals surface area contributed by atoms with Crippen LogP contribution in [0.1, 0.15) is 44.4 Å². The minimum Gasteiger partial charge on any atom is -0.326 e. The van der Waals surface area contributed by atoms with Gasteiger partial charge in [-0.25, -0.2) is 0 Å². The van der Waals surface area contributed by atoms with E-state index in [4.69, 9.17) is 5.73 Å². The molecular formula is C15H21F3N2. The maximum atomic E-state index is 12.8. The van der Waals surface area contributed by atoms with Gasteiger partial charge in [-0.3, -0.25) is 4.90 Å². The summed E-state index contributed by atoms with van der Waals surface area (Å²) in [5.41, 5.74) is 6.06. The zero-order valence-corrected chi connectivity index (χ0v) is 12.0. The third-order valence-corrected chi connectivity index (χ3v) is 3.86. The molecule has 0 spiro atoms. The van der Waals surface area contributed by atoms with E-state index in [1.165, 1.54) is 12.1 Å². The Labute approximate surface area is 117 Å². The molecule has 1 aromatic carbocycles. The Morgan fingerprint density at radius 2 is 1.85 bits per heavy atom. The summed E-state index contributed by atoms with van der Waals surface area (Å²) in [5.74, 6) is 0. The Morgan fingerprint density at radius 1 is 1.20 bits per heavy atom. The largest absolute Gasteiger partial charge is 0.416 e. The number of rotatable bonds is 1. The maximum absolute atomic E-state index is 12.8. The van der Waals surface area contributed by atoms with E-state index in [2.05, 4.69) is 25.7 Å². The lowest BCUT2D eigenvalue weighted by molar-refractivity contribution is -0.137. The van der Waals surface area contributed by atoms with Crippen LogP contribution in [-0.4, -0.2) is 23.0 Å². The van der Waals surface area contributed by atoms with Crippen LogP contribution in [0.5, 0.6) is 0 Å². The van der Waals surface area contributed by atoms with Crippen molar-refractivity contribution in [3.63, 3.8) is 0 Å². The first-order valence-corrected chi connectivity index (χ1v) is 6.80. The number of hydrogen-bond acceptors (Lipinski definition) is 2. The summed E-state index contributed by atoms with van der Waals surface area (Å²) in [6.45, 7) is 6.99. The fourth-order valence-electron chi connectivity index (χ4n) is 2.90. The normalized spacial score (nSPS) is 25.1. The smallest absolute Gasteiger partial charge is 0.326 e. The van der Waals surface area contributed by atoms with E-state index in [1.54, 1.807) is 6.07 Å². The Kier molecular flexibility index (Phi) is 3.86. The van der Waals surface area contributed by atoms with Crippen LogP contribution in [0.15, 0.2) is 24.3 Å². The minimum atomic E-state index is -4.31. The highest BCUT2D eigenvalue weighted by Gasteiger charge is 2.40. The average Bonchev–Trinajstić information content (AvgIpc) is 2.70. The quantitative estimate of drug-likeness (QED) is 0.855. The van der Waals surface area contributed by atoms with Gasteiger partial charge in [0, 0.05) is 18.1 Å². The molecule has 0 aromatic heterocycles. The zero-order chi connectivity index (χ0) is 15.1. The van der Waals surface area contributed by atoms with E-state index in [1.807, 2.05) is 0 Å². The molecule has 1 aliphatic rings. The molecule has 0 bridgehead atoms. The van der Waals surface area contributed by atoms with Gasteiger partial charge in [-0.1, -0.05) is 12.1 Å². The van der Waals surface area contributed by atoms with E-state index >= 15 is 0 Å². The third-order valence-electron chi connectivity index (χ3n) is 3.86. The lowest BCUT2D eigenvalue weighted by atomic mass is 9.95. The first-order valence-electron chi connectivity index (χ1n) is 6.80. The minimum absolute atomic E-state index is 0.118. The number of halogens is 3. The van der Waals surface area contributed by atoms with Gasteiger partial charge in [0.25, 0.3) is 0 Å². The monoisotopic (exact) mass is 286 g/mol. The van der Waals surface area contributed by atoms with Gasteiger partial charge in [0.15, 0.2) is 0 Å². The van der Waals surface area contributed by atoms with Crippen LogP contribution in [0.4, 0.5) is 13.2 Å². The highest BCUT2D eigenvalue weighted by atomic mass is 19.4. The predicted molar refractivity (Wildman–Crippen MR) is 73.2 cm³/mol. The van der Waals surface area contributed by atoms with E-state index in [9.17, 15) is 13.2 Å². The average molecular weight is 286 g/mol. The van der Waals surface area contributed by atoms with Crippen molar-refractivity contribution in [3.8, 4) is 0 Å². The van der Waals surface area contributed by atoms with E-state index in [-0.39, 0.29) is 17.6 Å². The van der Waals surface area contributed by atoms with Gasteiger partial charge in [0.1, 0.15) is 0 Å². The van der Waals surface area contributed by atoms with Crippen LogP contribution < -0.4 is 5.73 Å². The van der Waals surface area contributed by atoms with Gasteiger partial charge < -0.3 is 5.73 Å².